The minimum absolute atomic E-state index is 0.309. The van der Waals surface area contributed by atoms with Crippen molar-refractivity contribution in [3.63, 3.8) is 0 Å². The van der Waals surface area contributed by atoms with Crippen LogP contribution in [0.15, 0.2) is 18.2 Å². The van der Waals surface area contributed by atoms with Crippen LogP contribution < -0.4 is 9.47 Å². The van der Waals surface area contributed by atoms with Crippen LogP contribution in [0.2, 0.25) is 0 Å². The Labute approximate surface area is 121 Å². The van der Waals surface area contributed by atoms with Gasteiger partial charge < -0.3 is 14.2 Å². The van der Waals surface area contributed by atoms with Crippen LogP contribution in [0, 0.1) is 0 Å². The predicted octanol–water partition coefficient (Wildman–Crippen LogP) is 3.37. The van der Waals surface area contributed by atoms with Crippen molar-refractivity contribution in [2.24, 2.45) is 0 Å². The van der Waals surface area contributed by atoms with E-state index in [4.69, 9.17) is 14.2 Å². The third-order valence-electron chi connectivity index (χ3n) is 2.96. The van der Waals surface area contributed by atoms with Crippen LogP contribution in [0.4, 0.5) is 0 Å². The summed E-state index contributed by atoms with van der Waals surface area (Å²) < 4.78 is 16.0. The molecule has 0 radical (unpaired) electrons. The average Bonchev–Trinajstić information content (AvgIpc) is 2.45. The second-order valence-electron chi connectivity index (χ2n) is 4.65. The fourth-order valence-corrected chi connectivity index (χ4v) is 1.95. The van der Waals surface area contributed by atoms with E-state index in [1.54, 1.807) is 14.2 Å². The van der Waals surface area contributed by atoms with Crippen molar-refractivity contribution >= 4 is 5.78 Å². The third kappa shape index (κ3) is 5.61. The zero-order valence-corrected chi connectivity index (χ0v) is 12.6. The molecular weight excluding hydrogens is 256 g/mol. The first-order valence-electron chi connectivity index (χ1n) is 7.01. The van der Waals surface area contributed by atoms with Crippen LogP contribution in [0.3, 0.4) is 0 Å². The van der Waals surface area contributed by atoms with Gasteiger partial charge in [0.05, 0.1) is 20.3 Å². The molecule has 0 heterocycles. The molecular formula is C16H24O4. The summed E-state index contributed by atoms with van der Waals surface area (Å²) in [5.74, 6) is 1.82. The average molecular weight is 280 g/mol. The minimum Gasteiger partial charge on any atom is -0.496 e. The first-order chi connectivity index (χ1) is 9.71. The first kappa shape index (κ1) is 16.5. The molecule has 1 aromatic carbocycles. The number of carbonyl (C=O) groups excluding carboxylic acids is 1. The van der Waals surface area contributed by atoms with Gasteiger partial charge >= 0.3 is 0 Å². The van der Waals surface area contributed by atoms with Crippen LogP contribution in [0.5, 0.6) is 11.5 Å². The van der Waals surface area contributed by atoms with Gasteiger partial charge in [0.2, 0.25) is 0 Å². The molecule has 0 N–H and O–H groups in total. The molecule has 0 saturated heterocycles. The molecule has 0 amide bonds. The summed E-state index contributed by atoms with van der Waals surface area (Å²) in [4.78, 5) is 11.4. The quantitative estimate of drug-likeness (QED) is 0.616. The van der Waals surface area contributed by atoms with Crippen LogP contribution in [0.25, 0.3) is 0 Å². The Hall–Kier alpha value is -1.55. The van der Waals surface area contributed by atoms with E-state index in [-0.39, 0.29) is 0 Å². The molecule has 112 valence electrons. The van der Waals surface area contributed by atoms with E-state index in [0.29, 0.717) is 31.8 Å². The van der Waals surface area contributed by atoms with E-state index in [1.807, 2.05) is 25.1 Å². The highest BCUT2D eigenvalue weighted by Crippen LogP contribution is 2.25. The molecule has 4 heteroatoms. The number of carbonyl (C=O) groups is 1. The van der Waals surface area contributed by atoms with Crippen molar-refractivity contribution in [1.29, 1.82) is 0 Å². The molecule has 1 rings (SSSR count). The summed E-state index contributed by atoms with van der Waals surface area (Å²) in [6.07, 6.45) is 2.92. The second kappa shape index (κ2) is 9.37. The summed E-state index contributed by atoms with van der Waals surface area (Å²) in [5.41, 5.74) is 0.987. The van der Waals surface area contributed by atoms with Crippen molar-refractivity contribution in [2.45, 2.75) is 39.2 Å². The van der Waals surface area contributed by atoms with Gasteiger partial charge in [0, 0.05) is 31.6 Å². The molecule has 0 aliphatic carbocycles. The molecule has 0 fully saturated rings. The van der Waals surface area contributed by atoms with Gasteiger partial charge in [0.15, 0.2) is 0 Å². The molecule has 0 bridgehead atoms. The molecule has 0 aliphatic heterocycles. The smallest absolute Gasteiger partial charge is 0.133 e. The largest absolute Gasteiger partial charge is 0.496 e. The lowest BCUT2D eigenvalue weighted by Gasteiger charge is -2.11. The van der Waals surface area contributed by atoms with Crippen molar-refractivity contribution in [2.75, 3.05) is 20.8 Å². The third-order valence-corrected chi connectivity index (χ3v) is 2.96. The van der Waals surface area contributed by atoms with Gasteiger partial charge in [-0.05, 0) is 25.0 Å². The summed E-state index contributed by atoms with van der Waals surface area (Å²) in [6, 6.07) is 5.67. The molecule has 0 saturated carbocycles. The summed E-state index contributed by atoms with van der Waals surface area (Å²) >= 11 is 0. The minimum atomic E-state index is 0.309. The SMILES string of the molecule is CCCC(=O)CCCOc1ccc(COC)c(OC)c1. The Morgan fingerprint density at radius 3 is 2.65 bits per heavy atom. The maximum atomic E-state index is 11.4. The molecule has 0 atom stereocenters. The number of rotatable bonds is 10. The maximum absolute atomic E-state index is 11.4. The van der Waals surface area contributed by atoms with E-state index in [0.717, 1.165) is 29.9 Å². The monoisotopic (exact) mass is 280 g/mol. The van der Waals surface area contributed by atoms with Gasteiger partial charge in [0.25, 0.3) is 0 Å². The van der Waals surface area contributed by atoms with Crippen LogP contribution in [-0.4, -0.2) is 26.6 Å². The highest BCUT2D eigenvalue weighted by Gasteiger charge is 2.05. The van der Waals surface area contributed by atoms with E-state index in [1.165, 1.54) is 0 Å². The number of ketones is 1. The van der Waals surface area contributed by atoms with E-state index >= 15 is 0 Å². The number of hydrogen-bond acceptors (Lipinski definition) is 4. The number of ether oxygens (including phenoxy) is 3. The van der Waals surface area contributed by atoms with E-state index in [9.17, 15) is 4.79 Å². The Balaban J connectivity index is 2.42. The normalized spacial score (nSPS) is 10.3. The van der Waals surface area contributed by atoms with Crippen molar-refractivity contribution < 1.29 is 19.0 Å². The number of methoxy groups -OCH3 is 2. The molecule has 0 unspecified atom stereocenters. The summed E-state index contributed by atoms with van der Waals surface area (Å²) in [5, 5.41) is 0. The summed E-state index contributed by atoms with van der Waals surface area (Å²) in [6.45, 7) is 3.07. The fraction of sp³-hybridized carbons (Fsp3) is 0.562. The maximum Gasteiger partial charge on any atom is 0.133 e. The standard InChI is InChI=1S/C16H24O4/c1-4-6-14(17)7-5-10-20-15-9-8-13(12-18-2)16(11-15)19-3/h8-9,11H,4-7,10,12H2,1-3H3. The summed E-state index contributed by atoms with van der Waals surface area (Å²) in [7, 11) is 3.28. The molecule has 0 aromatic heterocycles. The lowest BCUT2D eigenvalue weighted by Crippen LogP contribution is -2.03. The topological polar surface area (TPSA) is 44.8 Å². The van der Waals surface area contributed by atoms with Crippen molar-refractivity contribution in [3.8, 4) is 11.5 Å². The highest BCUT2D eigenvalue weighted by atomic mass is 16.5. The van der Waals surface area contributed by atoms with Crippen LogP contribution >= 0.6 is 0 Å². The Morgan fingerprint density at radius 1 is 1.20 bits per heavy atom. The lowest BCUT2D eigenvalue weighted by molar-refractivity contribution is -0.119. The van der Waals surface area contributed by atoms with E-state index in [2.05, 4.69) is 0 Å². The van der Waals surface area contributed by atoms with Gasteiger partial charge in [-0.2, -0.15) is 0 Å². The lowest BCUT2D eigenvalue weighted by atomic mass is 10.1. The van der Waals surface area contributed by atoms with Gasteiger partial charge in [-0.25, -0.2) is 0 Å². The van der Waals surface area contributed by atoms with Gasteiger partial charge in [-0.3, -0.25) is 4.79 Å². The van der Waals surface area contributed by atoms with Crippen LogP contribution in [-0.2, 0) is 16.1 Å². The van der Waals surface area contributed by atoms with Crippen molar-refractivity contribution in [3.05, 3.63) is 23.8 Å². The van der Waals surface area contributed by atoms with Crippen molar-refractivity contribution in [1.82, 2.24) is 0 Å². The van der Waals surface area contributed by atoms with Gasteiger partial charge in [-0.15, -0.1) is 0 Å². The predicted molar refractivity (Wildman–Crippen MR) is 78.4 cm³/mol. The zero-order valence-electron chi connectivity index (χ0n) is 12.6. The number of benzene rings is 1. The molecule has 0 spiro atoms. The highest BCUT2D eigenvalue weighted by molar-refractivity contribution is 5.78. The molecule has 1 aromatic rings. The Bertz CT molecular complexity index is 415. The second-order valence-corrected chi connectivity index (χ2v) is 4.65. The Morgan fingerprint density at radius 2 is 2.00 bits per heavy atom. The zero-order chi connectivity index (χ0) is 14.8. The number of hydrogen-bond donors (Lipinski definition) is 0. The number of Topliss-reactive ketones (excluding diaryl/α,β-unsaturated/α-hetero) is 1. The molecule has 20 heavy (non-hydrogen) atoms. The molecule has 0 aliphatic rings. The fourth-order valence-electron chi connectivity index (χ4n) is 1.95. The Kier molecular flexibility index (Phi) is 7.73. The molecule has 4 nitrogen and oxygen atoms in total. The van der Waals surface area contributed by atoms with Gasteiger partial charge in [0.1, 0.15) is 17.3 Å². The van der Waals surface area contributed by atoms with E-state index < -0.39 is 0 Å². The van der Waals surface area contributed by atoms with Crippen LogP contribution in [0.1, 0.15) is 38.2 Å². The van der Waals surface area contributed by atoms with Gasteiger partial charge in [-0.1, -0.05) is 6.92 Å². The first-order valence-corrected chi connectivity index (χ1v) is 7.01.